The Morgan fingerprint density at radius 1 is 0.480 bits per heavy atom. The van der Waals surface area contributed by atoms with Crippen molar-refractivity contribution in [3.05, 3.63) is 175 Å². The van der Waals surface area contributed by atoms with Gasteiger partial charge in [-0.3, -0.25) is 0 Å². The number of nitrogens with zero attached hydrogens (tertiary/aromatic N) is 1. The van der Waals surface area contributed by atoms with E-state index in [1.165, 1.54) is 64.5 Å². The lowest BCUT2D eigenvalue weighted by Gasteiger charge is -2.26. The van der Waals surface area contributed by atoms with Gasteiger partial charge in [-0.1, -0.05) is 117 Å². The first-order valence-corrected chi connectivity index (χ1v) is 18.0. The van der Waals surface area contributed by atoms with Crippen LogP contribution in [-0.2, 0) is 5.41 Å². The zero-order valence-corrected chi connectivity index (χ0v) is 28.7. The zero-order valence-electron chi connectivity index (χ0n) is 27.9. The zero-order chi connectivity index (χ0) is 33.4. The van der Waals surface area contributed by atoms with Crippen molar-refractivity contribution in [3.63, 3.8) is 0 Å². The molecule has 0 spiro atoms. The minimum Gasteiger partial charge on any atom is -0.456 e. The Morgan fingerprint density at radius 2 is 1.12 bits per heavy atom. The van der Waals surface area contributed by atoms with Gasteiger partial charge in [-0.2, -0.15) is 0 Å². The van der Waals surface area contributed by atoms with Crippen molar-refractivity contribution >= 4 is 59.5 Å². The van der Waals surface area contributed by atoms with E-state index in [0.717, 1.165) is 28.4 Å². The molecule has 0 N–H and O–H groups in total. The van der Waals surface area contributed by atoms with E-state index < -0.39 is 0 Å². The highest BCUT2D eigenvalue weighted by Gasteiger charge is 2.40. The van der Waals surface area contributed by atoms with Crippen LogP contribution >= 0.6 is 11.3 Å². The summed E-state index contributed by atoms with van der Waals surface area (Å²) in [4.78, 5) is 2.39. The van der Waals surface area contributed by atoms with E-state index in [0.29, 0.717) is 0 Å². The number of hydrogen-bond acceptors (Lipinski definition) is 3. The predicted molar refractivity (Wildman–Crippen MR) is 212 cm³/mol. The normalized spacial score (nSPS) is 13.2. The third-order valence-electron chi connectivity index (χ3n) is 10.4. The molecular weight excluding hydrogens is 627 g/mol. The van der Waals surface area contributed by atoms with Crippen molar-refractivity contribution in [1.82, 2.24) is 0 Å². The summed E-state index contributed by atoms with van der Waals surface area (Å²) in [5, 5.41) is 3.79. The molecule has 0 amide bonds. The average molecular weight is 660 g/mol. The number of para-hydroxylation sites is 1. The molecule has 0 aliphatic heterocycles. The number of rotatable bonds is 5. The number of thiophene rings is 1. The Balaban J connectivity index is 1.10. The summed E-state index contributed by atoms with van der Waals surface area (Å²) in [5.74, 6) is 1.01. The Bertz CT molecular complexity index is 2730. The third-order valence-corrected chi connectivity index (χ3v) is 11.6. The molecule has 9 aromatic rings. The van der Waals surface area contributed by atoms with E-state index in [1.54, 1.807) is 0 Å². The summed E-state index contributed by atoms with van der Waals surface area (Å²) in [6, 6.07) is 59.4. The topological polar surface area (TPSA) is 16.4 Å². The first-order chi connectivity index (χ1) is 24.5. The molecule has 3 heteroatoms. The predicted octanol–water partition coefficient (Wildman–Crippen LogP) is 13.9. The summed E-state index contributed by atoms with van der Waals surface area (Å²) in [6.07, 6.45) is 0. The molecule has 238 valence electrons. The van der Waals surface area contributed by atoms with Crippen LogP contribution in [0.2, 0.25) is 0 Å². The van der Waals surface area contributed by atoms with Gasteiger partial charge < -0.3 is 9.32 Å². The average Bonchev–Trinajstić information content (AvgIpc) is 3.81. The van der Waals surface area contributed by atoms with Gasteiger partial charge in [-0.05, 0) is 88.5 Å². The van der Waals surface area contributed by atoms with E-state index in [1.807, 2.05) is 17.4 Å². The minimum atomic E-state index is -0.170. The maximum atomic E-state index is 6.45. The molecule has 1 aliphatic carbocycles. The number of benzene rings is 7. The summed E-state index contributed by atoms with van der Waals surface area (Å²) in [6.45, 7) is 4.65. The third kappa shape index (κ3) is 4.47. The second-order valence-corrected chi connectivity index (χ2v) is 14.8. The highest BCUT2D eigenvalue weighted by Crippen LogP contribution is 2.53. The summed E-state index contributed by atoms with van der Waals surface area (Å²) < 4.78 is 9.06. The van der Waals surface area contributed by atoms with Crippen molar-refractivity contribution in [2.24, 2.45) is 0 Å². The highest BCUT2D eigenvalue weighted by molar-refractivity contribution is 7.25. The second kappa shape index (κ2) is 11.1. The van der Waals surface area contributed by atoms with Gasteiger partial charge in [0.25, 0.3) is 0 Å². The van der Waals surface area contributed by atoms with Crippen LogP contribution in [0.3, 0.4) is 0 Å². The molecule has 0 radical (unpaired) electrons. The summed E-state index contributed by atoms with van der Waals surface area (Å²) in [5.41, 5.74) is 12.7. The van der Waals surface area contributed by atoms with Gasteiger partial charge in [0.1, 0.15) is 11.3 Å². The molecule has 10 rings (SSSR count). The molecule has 2 nitrogen and oxygen atoms in total. The Labute approximate surface area is 295 Å². The van der Waals surface area contributed by atoms with Crippen LogP contribution in [0.5, 0.6) is 0 Å². The Morgan fingerprint density at radius 3 is 1.98 bits per heavy atom. The quantitative estimate of drug-likeness (QED) is 0.183. The van der Waals surface area contributed by atoms with Crippen LogP contribution in [0.15, 0.2) is 168 Å². The largest absolute Gasteiger partial charge is 0.456 e. The second-order valence-electron chi connectivity index (χ2n) is 13.8. The van der Waals surface area contributed by atoms with E-state index in [2.05, 4.69) is 176 Å². The van der Waals surface area contributed by atoms with Crippen LogP contribution in [0.25, 0.3) is 64.7 Å². The van der Waals surface area contributed by atoms with Crippen molar-refractivity contribution < 1.29 is 4.42 Å². The molecule has 0 saturated heterocycles. The minimum absolute atomic E-state index is 0.170. The van der Waals surface area contributed by atoms with Gasteiger partial charge in [0.15, 0.2) is 0 Å². The van der Waals surface area contributed by atoms with E-state index >= 15 is 0 Å². The molecule has 50 heavy (non-hydrogen) atoms. The van der Waals surface area contributed by atoms with Gasteiger partial charge in [-0.15, -0.1) is 11.3 Å². The van der Waals surface area contributed by atoms with Crippen molar-refractivity contribution in [2.45, 2.75) is 19.3 Å². The SMILES string of the molecule is CC1(C)c2cc(-c3cccc(N(c4ccc(-c5ccccc5)cc4)c4ccc5sc6ccccc6c5c4)c3)ccc2-c2oc3ccccc3c21. The fraction of sp³-hybridized carbons (Fsp3) is 0.0638. The van der Waals surface area contributed by atoms with Crippen LogP contribution < -0.4 is 4.90 Å². The fourth-order valence-corrected chi connectivity index (χ4v) is 9.07. The molecule has 2 heterocycles. The maximum Gasteiger partial charge on any atom is 0.139 e. The smallest absolute Gasteiger partial charge is 0.139 e. The lowest BCUT2D eigenvalue weighted by atomic mass is 9.80. The molecule has 0 bridgehead atoms. The number of anilines is 3. The van der Waals surface area contributed by atoms with Crippen LogP contribution in [0.4, 0.5) is 17.1 Å². The fourth-order valence-electron chi connectivity index (χ4n) is 7.99. The monoisotopic (exact) mass is 659 g/mol. The number of furan rings is 1. The molecule has 0 unspecified atom stereocenters. The highest BCUT2D eigenvalue weighted by atomic mass is 32.1. The first kappa shape index (κ1) is 29.1. The van der Waals surface area contributed by atoms with Gasteiger partial charge in [0.2, 0.25) is 0 Å². The molecule has 2 aromatic heterocycles. The van der Waals surface area contributed by atoms with Crippen molar-refractivity contribution in [1.29, 1.82) is 0 Å². The van der Waals surface area contributed by atoms with Crippen LogP contribution in [0, 0.1) is 0 Å². The molecule has 0 saturated carbocycles. The molecule has 0 fully saturated rings. The van der Waals surface area contributed by atoms with Crippen LogP contribution in [-0.4, -0.2) is 0 Å². The van der Waals surface area contributed by atoms with E-state index in [4.69, 9.17) is 4.42 Å². The molecule has 0 atom stereocenters. The Hall–Kier alpha value is -5.90. The van der Waals surface area contributed by atoms with E-state index in [9.17, 15) is 0 Å². The number of hydrogen-bond donors (Lipinski definition) is 0. The summed E-state index contributed by atoms with van der Waals surface area (Å²) >= 11 is 1.85. The Kier molecular flexibility index (Phi) is 6.43. The number of fused-ring (bicyclic) bond motifs is 8. The van der Waals surface area contributed by atoms with Crippen molar-refractivity contribution in [2.75, 3.05) is 4.90 Å². The van der Waals surface area contributed by atoms with Gasteiger partial charge >= 0.3 is 0 Å². The van der Waals surface area contributed by atoms with Gasteiger partial charge in [-0.25, -0.2) is 0 Å². The maximum absolute atomic E-state index is 6.45. The molecular formula is C47H33NOS. The first-order valence-electron chi connectivity index (χ1n) is 17.2. The van der Waals surface area contributed by atoms with E-state index in [-0.39, 0.29) is 5.41 Å². The molecule has 7 aromatic carbocycles. The van der Waals surface area contributed by atoms with Crippen LogP contribution in [0.1, 0.15) is 25.0 Å². The lowest BCUT2D eigenvalue weighted by Crippen LogP contribution is -2.15. The summed E-state index contributed by atoms with van der Waals surface area (Å²) in [7, 11) is 0. The standard InChI is InChI=1S/C47H33NOS/c1-47(2)41-28-33(21-25-38(41)46-45(47)39-16-6-8-17-42(39)49-46)32-13-10-14-35(27-32)48(34-22-19-31(20-23-34)30-11-4-3-5-12-30)36-24-26-44-40(29-36)37-15-7-9-18-43(37)50-44/h3-29H,1-2H3. The van der Waals surface area contributed by atoms with Gasteiger partial charge in [0.05, 0.1) is 0 Å². The lowest BCUT2D eigenvalue weighted by molar-refractivity contribution is 0.619. The van der Waals surface area contributed by atoms with Crippen molar-refractivity contribution in [3.8, 4) is 33.6 Å². The molecule has 1 aliphatic rings. The van der Waals surface area contributed by atoms with Gasteiger partial charge in [0, 0.05) is 59.2 Å².